The van der Waals surface area contributed by atoms with Gasteiger partial charge in [0.15, 0.2) is 0 Å². The van der Waals surface area contributed by atoms with Gasteiger partial charge < -0.3 is 4.74 Å². The standard InChI is InChI=1S/C17H17N3O3/c21-13-19-9-4-10-20(19)16-7-3-5-14(11-16)17(22)23-12-15-6-1-2-8-18-15/h1-3,5-8,11,13H,4,9-10,12H2. The van der Waals surface area contributed by atoms with E-state index in [1.165, 1.54) is 0 Å². The number of hydrogen-bond donors (Lipinski definition) is 0. The number of rotatable bonds is 5. The smallest absolute Gasteiger partial charge is 0.338 e. The van der Waals surface area contributed by atoms with E-state index >= 15 is 0 Å². The number of hydrogen-bond acceptors (Lipinski definition) is 5. The zero-order valence-electron chi connectivity index (χ0n) is 12.6. The van der Waals surface area contributed by atoms with Crippen LogP contribution in [0.15, 0.2) is 48.7 Å². The van der Waals surface area contributed by atoms with Crippen molar-refractivity contribution in [3.8, 4) is 0 Å². The summed E-state index contributed by atoms with van der Waals surface area (Å²) in [7, 11) is 0. The van der Waals surface area contributed by atoms with Crippen LogP contribution in [0.25, 0.3) is 0 Å². The van der Waals surface area contributed by atoms with Crippen molar-refractivity contribution in [2.45, 2.75) is 13.0 Å². The van der Waals surface area contributed by atoms with Gasteiger partial charge in [-0.15, -0.1) is 0 Å². The van der Waals surface area contributed by atoms with Crippen molar-refractivity contribution >= 4 is 18.1 Å². The van der Waals surface area contributed by atoms with Crippen LogP contribution in [0.5, 0.6) is 0 Å². The number of aromatic nitrogens is 1. The van der Waals surface area contributed by atoms with Crippen molar-refractivity contribution in [2.75, 3.05) is 18.1 Å². The van der Waals surface area contributed by atoms with E-state index in [0.29, 0.717) is 17.8 Å². The predicted octanol–water partition coefficient (Wildman–Crippen LogP) is 2.02. The highest BCUT2D eigenvalue weighted by Crippen LogP contribution is 2.22. The first-order valence-electron chi connectivity index (χ1n) is 7.44. The highest BCUT2D eigenvalue weighted by atomic mass is 16.5. The number of benzene rings is 1. The van der Waals surface area contributed by atoms with Crippen LogP contribution in [0.3, 0.4) is 0 Å². The first-order chi connectivity index (χ1) is 11.3. The van der Waals surface area contributed by atoms with Gasteiger partial charge in [0.25, 0.3) is 0 Å². The molecule has 118 valence electrons. The Morgan fingerprint density at radius 1 is 1.22 bits per heavy atom. The number of carbonyl (C=O) groups excluding carboxylic acids is 2. The Bertz CT molecular complexity index is 690. The molecule has 1 aliphatic rings. The molecule has 3 rings (SSSR count). The van der Waals surface area contributed by atoms with Crippen LogP contribution in [0.4, 0.5) is 5.69 Å². The molecule has 0 saturated carbocycles. The molecule has 1 aromatic carbocycles. The molecule has 1 fully saturated rings. The number of esters is 1. The lowest BCUT2D eigenvalue weighted by Crippen LogP contribution is -2.35. The Morgan fingerprint density at radius 3 is 2.91 bits per heavy atom. The third-order valence-corrected chi connectivity index (χ3v) is 3.65. The van der Waals surface area contributed by atoms with E-state index in [9.17, 15) is 9.59 Å². The summed E-state index contributed by atoms with van der Waals surface area (Å²) in [5, 5.41) is 3.47. The maximum Gasteiger partial charge on any atom is 0.338 e. The van der Waals surface area contributed by atoms with Gasteiger partial charge in [0.05, 0.1) is 16.9 Å². The second kappa shape index (κ2) is 6.91. The third kappa shape index (κ3) is 3.48. The Kier molecular flexibility index (Phi) is 4.52. The van der Waals surface area contributed by atoms with E-state index in [1.807, 2.05) is 23.2 Å². The minimum Gasteiger partial charge on any atom is -0.456 e. The maximum absolute atomic E-state index is 12.2. The van der Waals surface area contributed by atoms with Crippen molar-refractivity contribution in [1.82, 2.24) is 9.99 Å². The van der Waals surface area contributed by atoms with Crippen LogP contribution < -0.4 is 5.01 Å². The van der Waals surface area contributed by atoms with E-state index in [2.05, 4.69) is 4.98 Å². The fourth-order valence-electron chi connectivity index (χ4n) is 2.52. The van der Waals surface area contributed by atoms with Crippen molar-refractivity contribution in [1.29, 1.82) is 0 Å². The molecular formula is C17H17N3O3. The predicted molar refractivity (Wildman–Crippen MR) is 84.5 cm³/mol. The van der Waals surface area contributed by atoms with Gasteiger partial charge in [-0.25, -0.2) is 4.79 Å². The molecule has 2 heterocycles. The summed E-state index contributed by atoms with van der Waals surface area (Å²) in [6.45, 7) is 1.58. The summed E-state index contributed by atoms with van der Waals surface area (Å²) in [4.78, 5) is 27.4. The molecule has 0 bridgehead atoms. The topological polar surface area (TPSA) is 62.7 Å². The van der Waals surface area contributed by atoms with Gasteiger partial charge in [-0.05, 0) is 36.8 Å². The van der Waals surface area contributed by atoms with Gasteiger partial charge in [-0.3, -0.25) is 19.8 Å². The molecule has 23 heavy (non-hydrogen) atoms. The van der Waals surface area contributed by atoms with Crippen LogP contribution in [0.2, 0.25) is 0 Å². The molecular weight excluding hydrogens is 294 g/mol. The van der Waals surface area contributed by atoms with Crippen LogP contribution >= 0.6 is 0 Å². The van der Waals surface area contributed by atoms with Crippen molar-refractivity contribution in [2.24, 2.45) is 0 Å². The number of amides is 1. The number of anilines is 1. The lowest BCUT2D eigenvalue weighted by Gasteiger charge is -2.26. The quantitative estimate of drug-likeness (QED) is 0.624. The molecule has 1 saturated heterocycles. The lowest BCUT2D eigenvalue weighted by atomic mass is 10.2. The highest BCUT2D eigenvalue weighted by Gasteiger charge is 2.21. The van der Waals surface area contributed by atoms with Crippen molar-refractivity contribution in [3.05, 3.63) is 59.9 Å². The first kappa shape index (κ1) is 15.0. The molecule has 6 nitrogen and oxygen atoms in total. The minimum absolute atomic E-state index is 0.133. The number of ether oxygens (including phenoxy) is 1. The fourth-order valence-corrected chi connectivity index (χ4v) is 2.52. The summed E-state index contributed by atoms with van der Waals surface area (Å²) in [5.41, 5.74) is 1.96. The average Bonchev–Trinajstić information content (AvgIpc) is 3.09. The highest BCUT2D eigenvalue weighted by molar-refractivity contribution is 5.90. The number of hydrazine groups is 1. The van der Waals surface area contributed by atoms with Crippen LogP contribution in [0.1, 0.15) is 22.5 Å². The van der Waals surface area contributed by atoms with E-state index in [0.717, 1.165) is 25.1 Å². The van der Waals surface area contributed by atoms with Crippen LogP contribution in [0, 0.1) is 0 Å². The number of carbonyl (C=O) groups is 2. The zero-order valence-corrected chi connectivity index (χ0v) is 12.6. The minimum atomic E-state index is -0.408. The fraction of sp³-hybridized carbons (Fsp3) is 0.235. The summed E-state index contributed by atoms with van der Waals surface area (Å²) in [6, 6.07) is 12.6. The SMILES string of the molecule is O=CN1CCCN1c1cccc(C(=O)OCc2ccccn2)c1. The van der Waals surface area contributed by atoms with Crippen molar-refractivity contribution < 1.29 is 14.3 Å². The molecule has 1 aliphatic heterocycles. The molecule has 6 heteroatoms. The first-order valence-corrected chi connectivity index (χ1v) is 7.44. The van der Waals surface area contributed by atoms with Crippen LogP contribution in [-0.4, -0.2) is 35.5 Å². The Morgan fingerprint density at radius 2 is 2.13 bits per heavy atom. The molecule has 0 spiro atoms. The molecule has 0 atom stereocenters. The normalized spacial score (nSPS) is 13.9. The number of nitrogens with zero attached hydrogens (tertiary/aromatic N) is 3. The van der Waals surface area contributed by atoms with Crippen molar-refractivity contribution in [3.63, 3.8) is 0 Å². The van der Waals surface area contributed by atoms with Crippen LogP contribution in [-0.2, 0) is 16.1 Å². The van der Waals surface area contributed by atoms with Gasteiger partial charge in [-0.1, -0.05) is 12.1 Å². The Hall–Kier alpha value is -2.89. The summed E-state index contributed by atoms with van der Waals surface area (Å²) >= 11 is 0. The van der Waals surface area contributed by atoms with E-state index in [-0.39, 0.29) is 6.61 Å². The largest absolute Gasteiger partial charge is 0.456 e. The second-order valence-corrected chi connectivity index (χ2v) is 5.19. The molecule has 0 radical (unpaired) electrons. The summed E-state index contributed by atoms with van der Waals surface area (Å²) < 4.78 is 5.28. The second-order valence-electron chi connectivity index (χ2n) is 5.19. The van der Waals surface area contributed by atoms with Gasteiger partial charge in [-0.2, -0.15) is 0 Å². The molecule has 2 aromatic rings. The summed E-state index contributed by atoms with van der Waals surface area (Å²) in [5.74, 6) is -0.408. The van der Waals surface area contributed by atoms with E-state index in [1.54, 1.807) is 35.5 Å². The van der Waals surface area contributed by atoms with Gasteiger partial charge >= 0.3 is 5.97 Å². The van der Waals surface area contributed by atoms with Gasteiger partial charge in [0, 0.05) is 19.3 Å². The number of pyridine rings is 1. The van der Waals surface area contributed by atoms with Gasteiger partial charge in [0.2, 0.25) is 6.41 Å². The summed E-state index contributed by atoms with van der Waals surface area (Å²) in [6.07, 6.45) is 3.37. The molecule has 1 amide bonds. The third-order valence-electron chi connectivity index (χ3n) is 3.65. The van der Waals surface area contributed by atoms with E-state index < -0.39 is 5.97 Å². The monoisotopic (exact) mass is 311 g/mol. The van der Waals surface area contributed by atoms with Gasteiger partial charge in [0.1, 0.15) is 6.61 Å². The van der Waals surface area contributed by atoms with E-state index in [4.69, 9.17) is 4.74 Å². The molecule has 0 N–H and O–H groups in total. The average molecular weight is 311 g/mol. The maximum atomic E-state index is 12.2. The molecule has 1 aromatic heterocycles. The molecule has 0 unspecified atom stereocenters. The lowest BCUT2D eigenvalue weighted by molar-refractivity contribution is -0.117. The Labute approximate surface area is 134 Å². The zero-order chi connectivity index (χ0) is 16.1. The Balaban J connectivity index is 1.69. The molecule has 0 aliphatic carbocycles.